The molecule has 1 aromatic heterocycles. The fourth-order valence-corrected chi connectivity index (χ4v) is 8.85. The van der Waals surface area contributed by atoms with Crippen molar-refractivity contribution in [3.8, 4) is 33.4 Å². The van der Waals surface area contributed by atoms with Gasteiger partial charge < -0.3 is 9.32 Å². The van der Waals surface area contributed by atoms with Crippen LogP contribution in [0.3, 0.4) is 0 Å². The Kier molecular flexibility index (Phi) is 6.01. The van der Waals surface area contributed by atoms with E-state index in [-0.39, 0.29) is 10.8 Å². The summed E-state index contributed by atoms with van der Waals surface area (Å²) in [5.41, 5.74) is 18.3. The second-order valence-corrected chi connectivity index (χ2v) is 15.0. The summed E-state index contributed by atoms with van der Waals surface area (Å²) in [6.07, 6.45) is 0. The molecule has 7 aromatic carbocycles. The van der Waals surface area contributed by atoms with Crippen LogP contribution in [0.1, 0.15) is 49.9 Å². The van der Waals surface area contributed by atoms with Crippen molar-refractivity contribution in [2.45, 2.75) is 38.5 Å². The van der Waals surface area contributed by atoms with Gasteiger partial charge in [-0.15, -0.1) is 0 Å². The van der Waals surface area contributed by atoms with Crippen molar-refractivity contribution in [1.82, 2.24) is 0 Å². The maximum absolute atomic E-state index is 6.24. The lowest BCUT2D eigenvalue weighted by molar-refractivity contribution is 0.660. The van der Waals surface area contributed by atoms with Crippen LogP contribution in [0.5, 0.6) is 0 Å². The lowest BCUT2D eigenvalue weighted by Gasteiger charge is -2.28. The molecule has 2 aliphatic rings. The summed E-state index contributed by atoms with van der Waals surface area (Å²) in [5.74, 6) is 0. The van der Waals surface area contributed by atoms with Crippen molar-refractivity contribution in [3.63, 3.8) is 0 Å². The minimum atomic E-state index is -0.0409. The number of nitrogens with zero attached hydrogens (tertiary/aromatic N) is 1. The second kappa shape index (κ2) is 10.3. The van der Waals surface area contributed by atoms with Gasteiger partial charge in [-0.2, -0.15) is 0 Å². The van der Waals surface area contributed by atoms with E-state index in [9.17, 15) is 0 Å². The summed E-state index contributed by atoms with van der Waals surface area (Å²) in [5, 5.41) is 2.30. The molecule has 10 rings (SSSR count). The van der Waals surface area contributed by atoms with Crippen LogP contribution in [0.25, 0.3) is 55.3 Å². The van der Waals surface area contributed by atoms with E-state index in [1.54, 1.807) is 0 Å². The molecule has 2 aliphatic carbocycles. The number of rotatable bonds is 4. The van der Waals surface area contributed by atoms with E-state index < -0.39 is 0 Å². The van der Waals surface area contributed by atoms with Gasteiger partial charge in [-0.05, 0) is 110 Å². The molecule has 2 heteroatoms. The Morgan fingerprint density at radius 3 is 1.48 bits per heavy atom. The van der Waals surface area contributed by atoms with Crippen molar-refractivity contribution >= 4 is 39.0 Å². The summed E-state index contributed by atoms with van der Waals surface area (Å²) < 4.78 is 6.24. The quantitative estimate of drug-likeness (QED) is 0.190. The Labute approximate surface area is 293 Å². The van der Waals surface area contributed by atoms with Gasteiger partial charge in [0, 0.05) is 38.7 Å². The van der Waals surface area contributed by atoms with Gasteiger partial charge in [0.05, 0.1) is 0 Å². The minimum Gasteiger partial charge on any atom is -0.456 e. The van der Waals surface area contributed by atoms with Crippen LogP contribution in [0.4, 0.5) is 17.1 Å². The fraction of sp³-hybridized carbons (Fsp3) is 0.125. The zero-order chi connectivity index (χ0) is 33.8. The molecule has 0 saturated heterocycles. The molecule has 0 N–H and O–H groups in total. The highest BCUT2D eigenvalue weighted by Gasteiger charge is 2.37. The molecule has 240 valence electrons. The monoisotopic (exact) mass is 643 g/mol. The molecular weight excluding hydrogens is 607 g/mol. The maximum Gasteiger partial charge on any atom is 0.136 e. The molecule has 0 radical (unpaired) electrons. The van der Waals surface area contributed by atoms with Crippen LogP contribution in [0.2, 0.25) is 0 Å². The Balaban J connectivity index is 1.12. The van der Waals surface area contributed by atoms with Crippen LogP contribution in [0.15, 0.2) is 156 Å². The van der Waals surface area contributed by atoms with E-state index >= 15 is 0 Å². The largest absolute Gasteiger partial charge is 0.456 e. The Bertz CT molecular complexity index is 2550. The average Bonchev–Trinajstić information content (AvgIpc) is 3.71. The Hall–Kier alpha value is -5.86. The number of hydrogen-bond donors (Lipinski definition) is 0. The Morgan fingerprint density at radius 2 is 0.860 bits per heavy atom. The third-order valence-electron chi connectivity index (χ3n) is 11.5. The second-order valence-electron chi connectivity index (χ2n) is 15.0. The molecule has 0 bridgehead atoms. The van der Waals surface area contributed by atoms with Gasteiger partial charge in [0.15, 0.2) is 0 Å². The predicted molar refractivity (Wildman–Crippen MR) is 209 cm³/mol. The summed E-state index contributed by atoms with van der Waals surface area (Å²) in [6, 6.07) is 55.7. The average molecular weight is 644 g/mol. The van der Waals surface area contributed by atoms with Crippen molar-refractivity contribution in [2.24, 2.45) is 0 Å². The molecular formula is C48H37NO. The summed E-state index contributed by atoms with van der Waals surface area (Å²) in [7, 11) is 0. The van der Waals surface area contributed by atoms with Gasteiger partial charge in [0.25, 0.3) is 0 Å². The number of fused-ring (bicyclic) bond motifs is 9. The fourth-order valence-electron chi connectivity index (χ4n) is 8.85. The summed E-state index contributed by atoms with van der Waals surface area (Å²) in [6.45, 7) is 9.37. The zero-order valence-electron chi connectivity index (χ0n) is 28.8. The van der Waals surface area contributed by atoms with E-state index in [0.29, 0.717) is 0 Å². The highest BCUT2D eigenvalue weighted by Crippen LogP contribution is 2.53. The molecule has 0 spiro atoms. The molecule has 0 amide bonds. The SMILES string of the molecule is CC1(C)c2ccccc2-c2cc(N(c3ccc(-c4ccc5c(c4)oc4ccccc45)cc3)c3ccc4c(c3)-c3ccccc3C4(C)C)ccc21. The van der Waals surface area contributed by atoms with Gasteiger partial charge in [-0.3, -0.25) is 0 Å². The van der Waals surface area contributed by atoms with Crippen LogP contribution in [0, 0.1) is 0 Å². The smallest absolute Gasteiger partial charge is 0.136 e. The number of furan rings is 1. The molecule has 2 nitrogen and oxygen atoms in total. The molecule has 0 saturated carbocycles. The number of para-hydroxylation sites is 1. The highest BCUT2D eigenvalue weighted by molar-refractivity contribution is 6.06. The van der Waals surface area contributed by atoms with Gasteiger partial charge in [-0.25, -0.2) is 0 Å². The molecule has 1 heterocycles. The van der Waals surface area contributed by atoms with Crippen molar-refractivity contribution < 1.29 is 4.42 Å². The lowest BCUT2D eigenvalue weighted by Crippen LogP contribution is -2.16. The first kappa shape index (κ1) is 29.1. The third kappa shape index (κ3) is 4.08. The third-order valence-corrected chi connectivity index (χ3v) is 11.5. The maximum atomic E-state index is 6.24. The normalized spacial score (nSPS) is 14.7. The Morgan fingerprint density at radius 1 is 0.380 bits per heavy atom. The standard InChI is InChI=1S/C48H37NO/c1-47(2)41-14-8-5-11-35(41)39-28-33(22-25-43(39)47)49(34-23-26-44-40(29-34)36-12-6-9-15-42(36)48(44,3)4)32-20-17-30(18-21-32)31-19-24-38-37-13-7-10-16-45(37)50-46(38)27-31/h5-29H,1-4H3. The molecule has 0 unspecified atom stereocenters. The van der Waals surface area contributed by atoms with E-state index in [0.717, 1.165) is 50.1 Å². The molecule has 8 aromatic rings. The minimum absolute atomic E-state index is 0.0409. The van der Waals surface area contributed by atoms with E-state index in [1.165, 1.54) is 44.5 Å². The number of hydrogen-bond acceptors (Lipinski definition) is 2. The van der Waals surface area contributed by atoms with Crippen LogP contribution >= 0.6 is 0 Å². The molecule has 0 aliphatic heterocycles. The van der Waals surface area contributed by atoms with Crippen LogP contribution < -0.4 is 4.90 Å². The summed E-state index contributed by atoms with van der Waals surface area (Å²) in [4.78, 5) is 2.43. The highest BCUT2D eigenvalue weighted by atomic mass is 16.3. The first-order chi connectivity index (χ1) is 24.3. The van der Waals surface area contributed by atoms with Gasteiger partial charge in [-0.1, -0.05) is 125 Å². The molecule has 50 heavy (non-hydrogen) atoms. The van der Waals surface area contributed by atoms with E-state index in [4.69, 9.17) is 4.42 Å². The number of benzene rings is 7. The van der Waals surface area contributed by atoms with E-state index in [2.05, 4.69) is 172 Å². The zero-order valence-corrected chi connectivity index (χ0v) is 28.8. The van der Waals surface area contributed by atoms with Crippen LogP contribution in [-0.2, 0) is 10.8 Å². The topological polar surface area (TPSA) is 16.4 Å². The number of anilines is 3. The molecule has 0 atom stereocenters. The molecule has 0 fully saturated rings. The predicted octanol–water partition coefficient (Wildman–Crippen LogP) is 13.3. The van der Waals surface area contributed by atoms with Crippen molar-refractivity contribution in [3.05, 3.63) is 174 Å². The summed E-state index contributed by atoms with van der Waals surface area (Å²) >= 11 is 0. The van der Waals surface area contributed by atoms with E-state index in [1.807, 2.05) is 12.1 Å². The first-order valence-corrected chi connectivity index (χ1v) is 17.6. The van der Waals surface area contributed by atoms with Crippen molar-refractivity contribution in [2.75, 3.05) is 4.90 Å². The van der Waals surface area contributed by atoms with Gasteiger partial charge in [0.1, 0.15) is 11.2 Å². The lowest BCUT2D eigenvalue weighted by atomic mass is 9.82. The van der Waals surface area contributed by atoms with Gasteiger partial charge >= 0.3 is 0 Å². The van der Waals surface area contributed by atoms with Crippen LogP contribution in [-0.4, -0.2) is 0 Å². The van der Waals surface area contributed by atoms with Crippen molar-refractivity contribution in [1.29, 1.82) is 0 Å². The first-order valence-electron chi connectivity index (χ1n) is 17.6. The van der Waals surface area contributed by atoms with Gasteiger partial charge in [0.2, 0.25) is 0 Å².